The lowest BCUT2D eigenvalue weighted by atomic mass is 10.2. The van der Waals surface area contributed by atoms with Gasteiger partial charge in [0.05, 0.1) is 11.4 Å². The van der Waals surface area contributed by atoms with Gasteiger partial charge in [0.25, 0.3) is 10.0 Å². The van der Waals surface area contributed by atoms with E-state index in [1.54, 1.807) is 18.2 Å². The number of aryl methyl sites for hydroxylation is 1. The maximum atomic E-state index is 12.2. The van der Waals surface area contributed by atoms with E-state index in [2.05, 4.69) is 25.6 Å². The van der Waals surface area contributed by atoms with Gasteiger partial charge >= 0.3 is 0 Å². The molecule has 1 aromatic heterocycles. The summed E-state index contributed by atoms with van der Waals surface area (Å²) in [6, 6.07) is 8.44. The molecule has 0 atom stereocenters. The van der Waals surface area contributed by atoms with E-state index < -0.39 is 10.0 Å². The first-order valence-corrected chi connectivity index (χ1v) is 7.67. The van der Waals surface area contributed by atoms with Crippen molar-refractivity contribution in [3.05, 3.63) is 46.6 Å². The number of pyridine rings is 1. The number of nitrogen functional groups attached to an aromatic ring is 1. The maximum Gasteiger partial charge on any atom is 0.281 e. The zero-order valence-electron chi connectivity index (χ0n) is 10.1. The molecule has 5 nitrogen and oxygen atoms in total. The van der Waals surface area contributed by atoms with E-state index in [-0.39, 0.29) is 10.7 Å². The van der Waals surface area contributed by atoms with Crippen molar-refractivity contribution in [1.29, 1.82) is 0 Å². The van der Waals surface area contributed by atoms with Crippen LogP contribution in [-0.2, 0) is 10.0 Å². The molecule has 0 bridgehead atoms. The molecular formula is C12H12BrN3O2S. The van der Waals surface area contributed by atoms with Gasteiger partial charge in [-0.05, 0) is 52.7 Å². The lowest BCUT2D eigenvalue weighted by Crippen LogP contribution is -2.16. The second-order valence-corrected chi connectivity index (χ2v) is 6.44. The number of halogens is 1. The highest BCUT2D eigenvalue weighted by Gasteiger charge is 2.19. The molecule has 0 amide bonds. The van der Waals surface area contributed by atoms with Gasteiger partial charge in [0.2, 0.25) is 0 Å². The van der Waals surface area contributed by atoms with Crippen molar-refractivity contribution in [1.82, 2.24) is 4.98 Å². The molecule has 3 N–H and O–H groups in total. The molecule has 2 rings (SSSR count). The molecule has 2 aromatic rings. The highest BCUT2D eigenvalue weighted by Crippen LogP contribution is 2.26. The number of aromatic nitrogens is 1. The summed E-state index contributed by atoms with van der Waals surface area (Å²) in [6.45, 7) is 1.87. The summed E-state index contributed by atoms with van der Waals surface area (Å²) in [4.78, 5) is 3.81. The largest absolute Gasteiger partial charge is 0.396 e. The number of hydrogen-bond acceptors (Lipinski definition) is 4. The van der Waals surface area contributed by atoms with Crippen LogP contribution in [0, 0.1) is 6.92 Å². The SMILES string of the molecule is Cc1ccc(Br)c(NS(=O)(=O)c2ncccc2N)c1. The van der Waals surface area contributed by atoms with Gasteiger partial charge in [-0.15, -0.1) is 0 Å². The molecule has 0 aliphatic rings. The lowest BCUT2D eigenvalue weighted by Gasteiger charge is -2.11. The Bertz CT molecular complexity index is 717. The van der Waals surface area contributed by atoms with Gasteiger partial charge in [0, 0.05) is 10.7 Å². The summed E-state index contributed by atoms with van der Waals surface area (Å²) < 4.78 is 27.5. The van der Waals surface area contributed by atoms with Crippen LogP contribution in [-0.4, -0.2) is 13.4 Å². The fourth-order valence-corrected chi connectivity index (χ4v) is 3.15. The molecule has 0 saturated carbocycles. The van der Waals surface area contributed by atoms with Crippen LogP contribution < -0.4 is 10.5 Å². The van der Waals surface area contributed by atoms with Crippen LogP contribution in [0.2, 0.25) is 0 Å². The van der Waals surface area contributed by atoms with Crippen molar-refractivity contribution in [2.24, 2.45) is 0 Å². The van der Waals surface area contributed by atoms with Gasteiger partial charge in [0.1, 0.15) is 0 Å². The van der Waals surface area contributed by atoms with E-state index in [1.165, 1.54) is 12.3 Å². The number of nitrogens with two attached hydrogens (primary N) is 1. The van der Waals surface area contributed by atoms with Crippen LogP contribution in [0.15, 0.2) is 46.0 Å². The summed E-state index contributed by atoms with van der Waals surface area (Å²) in [7, 11) is -3.80. The van der Waals surface area contributed by atoms with Crippen LogP contribution in [0.5, 0.6) is 0 Å². The minimum absolute atomic E-state index is 0.110. The van der Waals surface area contributed by atoms with Gasteiger partial charge in [-0.2, -0.15) is 8.42 Å². The molecule has 0 aliphatic heterocycles. The van der Waals surface area contributed by atoms with Gasteiger partial charge in [-0.1, -0.05) is 6.07 Å². The Morgan fingerprint density at radius 2 is 2.05 bits per heavy atom. The molecule has 0 fully saturated rings. The Balaban J connectivity index is 2.43. The van der Waals surface area contributed by atoms with Crippen LogP contribution in [0.25, 0.3) is 0 Å². The standard InChI is InChI=1S/C12H12BrN3O2S/c1-8-4-5-9(13)11(7-8)16-19(17,18)12-10(14)3-2-6-15-12/h2-7,16H,14H2,1H3. The topological polar surface area (TPSA) is 85.1 Å². The van der Waals surface area contributed by atoms with Crippen LogP contribution >= 0.6 is 15.9 Å². The fourth-order valence-electron chi connectivity index (χ4n) is 1.54. The van der Waals surface area contributed by atoms with Crippen molar-refractivity contribution < 1.29 is 8.42 Å². The zero-order chi connectivity index (χ0) is 14.0. The molecule has 1 aromatic carbocycles. The Hall–Kier alpha value is -1.60. The third kappa shape index (κ3) is 3.05. The summed E-state index contributed by atoms with van der Waals surface area (Å²) in [5.74, 6) is 0. The minimum Gasteiger partial charge on any atom is -0.396 e. The van der Waals surface area contributed by atoms with Gasteiger partial charge in [0.15, 0.2) is 5.03 Å². The van der Waals surface area contributed by atoms with Crippen LogP contribution in [0.3, 0.4) is 0 Å². The summed E-state index contributed by atoms with van der Waals surface area (Å²) in [6.07, 6.45) is 1.39. The number of nitrogens with one attached hydrogen (secondary N) is 1. The number of sulfonamides is 1. The first-order valence-electron chi connectivity index (χ1n) is 5.39. The number of nitrogens with zero attached hydrogens (tertiary/aromatic N) is 1. The van der Waals surface area contributed by atoms with Crippen molar-refractivity contribution >= 4 is 37.3 Å². The predicted molar refractivity (Wildman–Crippen MR) is 78.3 cm³/mol. The third-order valence-electron chi connectivity index (χ3n) is 2.42. The summed E-state index contributed by atoms with van der Waals surface area (Å²) >= 11 is 3.30. The average Bonchev–Trinajstić information content (AvgIpc) is 2.34. The van der Waals surface area contributed by atoms with E-state index in [1.807, 2.05) is 13.0 Å². The number of anilines is 2. The van der Waals surface area contributed by atoms with Gasteiger partial charge in [-0.3, -0.25) is 4.72 Å². The molecule has 19 heavy (non-hydrogen) atoms. The summed E-state index contributed by atoms with van der Waals surface area (Å²) in [5.41, 5.74) is 7.13. The van der Waals surface area contributed by atoms with Crippen LogP contribution in [0.1, 0.15) is 5.56 Å². The Kier molecular flexibility index (Phi) is 3.77. The highest BCUT2D eigenvalue weighted by molar-refractivity contribution is 9.10. The Labute approximate surface area is 120 Å². The maximum absolute atomic E-state index is 12.2. The molecule has 0 spiro atoms. The van der Waals surface area contributed by atoms with Gasteiger partial charge < -0.3 is 5.73 Å². The lowest BCUT2D eigenvalue weighted by molar-refractivity contribution is 0.598. The minimum atomic E-state index is -3.80. The smallest absolute Gasteiger partial charge is 0.281 e. The number of rotatable bonds is 3. The zero-order valence-corrected chi connectivity index (χ0v) is 12.5. The quantitative estimate of drug-likeness (QED) is 0.898. The molecule has 0 radical (unpaired) electrons. The molecule has 7 heteroatoms. The van der Waals surface area contributed by atoms with Crippen molar-refractivity contribution in [2.75, 3.05) is 10.5 Å². The number of hydrogen-bond donors (Lipinski definition) is 2. The monoisotopic (exact) mass is 341 g/mol. The van der Waals surface area contributed by atoms with E-state index in [4.69, 9.17) is 5.73 Å². The molecule has 1 heterocycles. The predicted octanol–water partition coefficient (Wildman–Crippen LogP) is 2.54. The molecular weight excluding hydrogens is 330 g/mol. The normalized spacial score (nSPS) is 11.3. The van der Waals surface area contributed by atoms with E-state index >= 15 is 0 Å². The summed E-state index contributed by atoms with van der Waals surface area (Å²) in [5, 5.41) is -0.177. The van der Waals surface area contributed by atoms with E-state index in [0.29, 0.717) is 10.2 Å². The number of benzene rings is 1. The second kappa shape index (κ2) is 5.18. The highest BCUT2D eigenvalue weighted by atomic mass is 79.9. The molecule has 0 saturated heterocycles. The fraction of sp³-hybridized carbons (Fsp3) is 0.0833. The second-order valence-electron chi connectivity index (χ2n) is 3.99. The van der Waals surface area contributed by atoms with Crippen molar-refractivity contribution in [2.45, 2.75) is 11.9 Å². The van der Waals surface area contributed by atoms with Crippen LogP contribution in [0.4, 0.5) is 11.4 Å². The molecule has 0 unspecified atom stereocenters. The first-order chi connectivity index (χ1) is 8.90. The Morgan fingerprint density at radius 3 is 2.74 bits per heavy atom. The first kappa shape index (κ1) is 13.8. The van der Waals surface area contributed by atoms with Gasteiger partial charge in [-0.25, -0.2) is 4.98 Å². The molecule has 0 aliphatic carbocycles. The van der Waals surface area contributed by atoms with Crippen molar-refractivity contribution in [3.8, 4) is 0 Å². The van der Waals surface area contributed by atoms with E-state index in [0.717, 1.165) is 5.56 Å². The Morgan fingerprint density at radius 1 is 1.32 bits per heavy atom. The van der Waals surface area contributed by atoms with Crippen molar-refractivity contribution in [3.63, 3.8) is 0 Å². The van der Waals surface area contributed by atoms with E-state index in [9.17, 15) is 8.42 Å². The average molecular weight is 342 g/mol. The third-order valence-corrected chi connectivity index (χ3v) is 4.45. The molecule has 100 valence electrons.